The van der Waals surface area contributed by atoms with Crippen LogP contribution in [0.2, 0.25) is 0 Å². The number of anilines is 2. The number of hydrogen-bond acceptors (Lipinski definition) is 7. The molecule has 1 fully saturated rings. The Hall–Kier alpha value is -2.32. The summed E-state index contributed by atoms with van der Waals surface area (Å²) in [6.07, 6.45) is 9.86. The average Bonchev–Trinajstić information content (AvgIpc) is 3.24. The van der Waals surface area contributed by atoms with E-state index in [1.54, 1.807) is 23.7 Å². The van der Waals surface area contributed by atoms with E-state index in [9.17, 15) is 0 Å². The van der Waals surface area contributed by atoms with Gasteiger partial charge in [0.25, 0.3) is 0 Å². The fourth-order valence-electron chi connectivity index (χ4n) is 3.49. The predicted molar refractivity (Wildman–Crippen MR) is 103 cm³/mol. The van der Waals surface area contributed by atoms with Crippen molar-refractivity contribution in [2.24, 2.45) is 7.05 Å². The fourth-order valence-corrected chi connectivity index (χ4v) is 4.18. The van der Waals surface area contributed by atoms with Gasteiger partial charge in [0.2, 0.25) is 0 Å². The second-order valence-electron chi connectivity index (χ2n) is 6.81. The first kappa shape index (κ1) is 17.1. The third-order valence-electron chi connectivity index (χ3n) is 4.63. The molecule has 1 aliphatic rings. The second-order valence-corrected chi connectivity index (χ2v) is 7.66. The van der Waals surface area contributed by atoms with E-state index in [1.807, 2.05) is 30.2 Å². The van der Waals surface area contributed by atoms with Gasteiger partial charge < -0.3 is 5.32 Å². The van der Waals surface area contributed by atoms with E-state index in [1.165, 1.54) is 5.56 Å². The first-order valence-corrected chi connectivity index (χ1v) is 9.75. The zero-order chi connectivity index (χ0) is 17.9. The molecule has 0 aliphatic carbocycles. The number of aromatic nitrogens is 5. The van der Waals surface area contributed by atoms with Gasteiger partial charge in [-0.2, -0.15) is 5.10 Å². The molecule has 1 saturated heterocycles. The average molecular weight is 369 g/mol. The molecule has 0 saturated carbocycles. The van der Waals surface area contributed by atoms with E-state index < -0.39 is 0 Å². The molecule has 8 heteroatoms. The van der Waals surface area contributed by atoms with Gasteiger partial charge >= 0.3 is 0 Å². The van der Waals surface area contributed by atoms with Gasteiger partial charge in [0.1, 0.15) is 0 Å². The molecule has 1 atom stereocenters. The quantitative estimate of drug-likeness (QED) is 0.745. The number of rotatable bonds is 5. The lowest BCUT2D eigenvalue weighted by Gasteiger charge is -2.32. The molecular weight excluding hydrogens is 346 g/mol. The maximum Gasteiger partial charge on any atom is 0.188 e. The maximum absolute atomic E-state index is 4.66. The Morgan fingerprint density at radius 3 is 2.96 bits per heavy atom. The van der Waals surface area contributed by atoms with Crippen molar-refractivity contribution in [1.29, 1.82) is 0 Å². The zero-order valence-electron chi connectivity index (χ0n) is 15.1. The van der Waals surface area contributed by atoms with Crippen molar-refractivity contribution in [2.45, 2.75) is 32.2 Å². The summed E-state index contributed by atoms with van der Waals surface area (Å²) in [7, 11) is 1.96. The van der Waals surface area contributed by atoms with Gasteiger partial charge in [-0.1, -0.05) is 0 Å². The van der Waals surface area contributed by atoms with E-state index in [0.29, 0.717) is 5.92 Å². The Bertz CT molecular complexity index is 872. The van der Waals surface area contributed by atoms with Crippen molar-refractivity contribution in [2.75, 3.05) is 18.4 Å². The minimum atomic E-state index is 0.373. The van der Waals surface area contributed by atoms with Crippen molar-refractivity contribution in [3.8, 4) is 0 Å². The van der Waals surface area contributed by atoms with Crippen LogP contribution in [0.1, 0.15) is 35.7 Å². The van der Waals surface area contributed by atoms with Crippen molar-refractivity contribution >= 4 is 22.3 Å². The minimum Gasteiger partial charge on any atom is -0.315 e. The van der Waals surface area contributed by atoms with Crippen LogP contribution in [0, 0.1) is 6.92 Å². The molecule has 7 nitrogen and oxygen atoms in total. The molecule has 1 unspecified atom stereocenters. The molecule has 0 radical (unpaired) electrons. The SMILES string of the molecule is Cc1csc(Nc2nccnc2C2CCCN(Cc3cnn(C)c3)C2)n1. The van der Waals surface area contributed by atoms with Crippen LogP contribution in [-0.2, 0) is 13.6 Å². The molecule has 3 aromatic rings. The Kier molecular flexibility index (Phi) is 4.94. The highest BCUT2D eigenvalue weighted by molar-refractivity contribution is 7.13. The van der Waals surface area contributed by atoms with Gasteiger partial charge in [-0.25, -0.2) is 9.97 Å². The minimum absolute atomic E-state index is 0.373. The lowest BCUT2D eigenvalue weighted by molar-refractivity contribution is 0.198. The van der Waals surface area contributed by atoms with Crippen LogP contribution in [0.25, 0.3) is 0 Å². The standard InChI is InChI=1S/C18H23N7S/c1-13-12-26-18(22-13)23-17-16(19-5-6-20-17)15-4-3-7-25(11-15)10-14-8-21-24(2)9-14/h5-6,8-9,12,15H,3-4,7,10-11H2,1-2H3,(H,20,22,23). The van der Waals surface area contributed by atoms with E-state index in [-0.39, 0.29) is 0 Å². The van der Waals surface area contributed by atoms with Gasteiger partial charge in [-0.3, -0.25) is 14.6 Å². The Balaban J connectivity index is 1.49. The first-order chi connectivity index (χ1) is 12.7. The molecule has 0 aromatic carbocycles. The van der Waals surface area contributed by atoms with E-state index >= 15 is 0 Å². The highest BCUT2D eigenvalue weighted by Gasteiger charge is 2.25. The first-order valence-electron chi connectivity index (χ1n) is 8.87. The molecule has 1 aliphatic heterocycles. The molecule has 0 bridgehead atoms. The number of nitrogens with zero attached hydrogens (tertiary/aromatic N) is 6. The predicted octanol–water partition coefficient (Wildman–Crippen LogP) is 3.10. The van der Waals surface area contributed by atoms with Gasteiger partial charge in [0, 0.05) is 55.6 Å². The second kappa shape index (κ2) is 7.51. The Morgan fingerprint density at radius 1 is 1.31 bits per heavy atom. The van der Waals surface area contributed by atoms with Crippen molar-refractivity contribution < 1.29 is 0 Å². The van der Waals surface area contributed by atoms with Crippen LogP contribution in [0.4, 0.5) is 10.9 Å². The van der Waals surface area contributed by atoms with E-state index in [0.717, 1.165) is 54.8 Å². The third kappa shape index (κ3) is 3.91. The summed E-state index contributed by atoms with van der Waals surface area (Å²) in [5, 5.41) is 10.5. The van der Waals surface area contributed by atoms with Crippen molar-refractivity contribution in [1.82, 2.24) is 29.6 Å². The summed E-state index contributed by atoms with van der Waals surface area (Å²) < 4.78 is 1.86. The highest BCUT2D eigenvalue weighted by Crippen LogP contribution is 2.31. The molecule has 0 spiro atoms. The summed E-state index contributed by atoms with van der Waals surface area (Å²) in [6.45, 7) is 5.02. The summed E-state index contributed by atoms with van der Waals surface area (Å²) in [4.78, 5) is 16.2. The van der Waals surface area contributed by atoms with Crippen molar-refractivity contribution in [3.05, 3.63) is 47.1 Å². The highest BCUT2D eigenvalue weighted by atomic mass is 32.1. The summed E-state index contributed by atoms with van der Waals surface area (Å²) >= 11 is 1.59. The van der Waals surface area contributed by atoms with Gasteiger partial charge in [0.15, 0.2) is 10.9 Å². The summed E-state index contributed by atoms with van der Waals surface area (Å²) in [6, 6.07) is 0. The zero-order valence-corrected chi connectivity index (χ0v) is 15.9. The van der Waals surface area contributed by atoms with Gasteiger partial charge in [-0.05, 0) is 26.3 Å². The van der Waals surface area contributed by atoms with Gasteiger partial charge in [-0.15, -0.1) is 11.3 Å². The van der Waals surface area contributed by atoms with E-state index in [4.69, 9.17) is 0 Å². The lowest BCUT2D eigenvalue weighted by atomic mass is 9.94. The molecule has 1 N–H and O–H groups in total. The largest absolute Gasteiger partial charge is 0.315 e. The Labute approximate surface area is 157 Å². The van der Waals surface area contributed by atoms with Crippen LogP contribution in [0.15, 0.2) is 30.2 Å². The van der Waals surface area contributed by atoms with Gasteiger partial charge in [0.05, 0.1) is 17.6 Å². The number of hydrogen-bond donors (Lipinski definition) is 1. The van der Waals surface area contributed by atoms with Crippen LogP contribution < -0.4 is 5.32 Å². The molecule has 136 valence electrons. The summed E-state index contributed by atoms with van der Waals surface area (Å²) in [5.74, 6) is 1.20. The topological polar surface area (TPSA) is 71.8 Å². The number of thiazole rings is 1. The maximum atomic E-state index is 4.66. The fraction of sp³-hybridized carbons (Fsp3) is 0.444. The van der Waals surface area contributed by atoms with E-state index in [2.05, 4.69) is 36.5 Å². The number of likely N-dealkylation sites (tertiary alicyclic amines) is 1. The molecule has 4 heterocycles. The number of aryl methyl sites for hydroxylation is 2. The van der Waals surface area contributed by atoms with Crippen molar-refractivity contribution in [3.63, 3.8) is 0 Å². The van der Waals surface area contributed by atoms with Crippen LogP contribution in [0.5, 0.6) is 0 Å². The van der Waals surface area contributed by atoms with Crippen LogP contribution in [0.3, 0.4) is 0 Å². The summed E-state index contributed by atoms with van der Waals surface area (Å²) in [5.41, 5.74) is 3.31. The monoisotopic (exact) mass is 369 g/mol. The third-order valence-corrected chi connectivity index (χ3v) is 5.50. The van der Waals surface area contributed by atoms with Crippen LogP contribution >= 0.6 is 11.3 Å². The number of nitrogens with one attached hydrogen (secondary N) is 1. The molecule has 0 amide bonds. The molecular formula is C18H23N7S. The smallest absolute Gasteiger partial charge is 0.188 e. The Morgan fingerprint density at radius 2 is 2.19 bits per heavy atom. The molecule has 4 rings (SSSR count). The molecule has 3 aromatic heterocycles. The normalized spacial score (nSPS) is 18.2. The lowest BCUT2D eigenvalue weighted by Crippen LogP contribution is -2.34. The molecule has 26 heavy (non-hydrogen) atoms. The van der Waals surface area contributed by atoms with Crippen LogP contribution in [-0.4, -0.2) is 42.7 Å². The number of piperidine rings is 1.